The maximum Gasteiger partial charge on any atom is 0.326 e. The summed E-state index contributed by atoms with van der Waals surface area (Å²) in [6, 6.07) is 4.99. The Bertz CT molecular complexity index is 533. The number of benzene rings is 1. The number of primary amides is 1. The van der Waals surface area contributed by atoms with Gasteiger partial charge in [-0.2, -0.15) is 0 Å². The molecule has 0 aliphatic carbocycles. The lowest BCUT2D eigenvalue weighted by Crippen LogP contribution is -2.45. The predicted octanol–water partition coefficient (Wildman–Crippen LogP) is -0.144. The molecule has 8 nitrogen and oxygen atoms in total. The maximum atomic E-state index is 11.7. The van der Waals surface area contributed by atoms with Gasteiger partial charge in [0.1, 0.15) is 6.04 Å². The first-order valence-corrected chi connectivity index (χ1v) is 6.24. The molecule has 0 fully saturated rings. The van der Waals surface area contributed by atoms with Crippen LogP contribution >= 0.6 is 0 Å². The number of amides is 3. The first kappa shape index (κ1) is 16.4. The normalized spacial score (nSPS) is 11.5. The minimum Gasteiger partial charge on any atom is -0.480 e. The Hall–Kier alpha value is -2.61. The van der Waals surface area contributed by atoms with Crippen LogP contribution in [-0.4, -0.2) is 36.1 Å². The largest absolute Gasteiger partial charge is 0.480 e. The summed E-state index contributed by atoms with van der Waals surface area (Å²) >= 11 is 0. The fourth-order valence-corrected chi connectivity index (χ4v) is 1.69. The number of carboxylic acid groups (broad SMARTS) is 1. The number of nitrogens with two attached hydrogens (primary N) is 1. The van der Waals surface area contributed by atoms with Crippen molar-refractivity contribution in [3.05, 3.63) is 29.8 Å². The van der Waals surface area contributed by atoms with Crippen LogP contribution in [0.25, 0.3) is 0 Å². The number of urea groups is 1. The van der Waals surface area contributed by atoms with Gasteiger partial charge in [-0.25, -0.2) is 9.59 Å². The Morgan fingerprint density at radius 3 is 2.62 bits per heavy atom. The zero-order chi connectivity index (χ0) is 15.8. The number of carboxylic acids is 1. The molecule has 0 unspecified atom stereocenters. The average Bonchev–Trinajstić information content (AvgIpc) is 2.38. The molecule has 6 N–H and O–H groups in total. The third-order valence-electron chi connectivity index (χ3n) is 2.57. The topological polar surface area (TPSA) is 134 Å². The van der Waals surface area contributed by atoms with E-state index < -0.39 is 30.4 Å². The molecule has 21 heavy (non-hydrogen) atoms. The molecule has 1 rings (SSSR count). The third kappa shape index (κ3) is 5.91. The molecule has 1 atom stereocenters. The average molecular weight is 294 g/mol. The smallest absolute Gasteiger partial charge is 0.326 e. The van der Waals surface area contributed by atoms with Crippen LogP contribution in [0.2, 0.25) is 0 Å². The zero-order valence-electron chi connectivity index (χ0n) is 11.6. The molecule has 0 radical (unpaired) electrons. The minimum absolute atomic E-state index is 0.470. The number of anilines is 1. The van der Waals surface area contributed by atoms with Gasteiger partial charge >= 0.3 is 12.0 Å². The summed E-state index contributed by atoms with van der Waals surface area (Å²) in [5.74, 6) is -2.13. The second kappa shape index (κ2) is 7.85. The fraction of sp³-hybridized carbons (Fsp3) is 0.308. The van der Waals surface area contributed by atoms with Gasteiger partial charge in [0.2, 0.25) is 5.91 Å². The Morgan fingerprint density at radius 1 is 1.33 bits per heavy atom. The Balaban J connectivity index is 2.65. The molecule has 0 saturated heterocycles. The number of hydrogen-bond donors (Lipinski definition) is 5. The van der Waals surface area contributed by atoms with E-state index in [0.717, 1.165) is 5.56 Å². The van der Waals surface area contributed by atoms with Gasteiger partial charge < -0.3 is 26.8 Å². The van der Waals surface area contributed by atoms with Crippen LogP contribution in [0.4, 0.5) is 10.5 Å². The van der Waals surface area contributed by atoms with Gasteiger partial charge in [0, 0.05) is 12.2 Å². The summed E-state index contributed by atoms with van der Waals surface area (Å²) in [5.41, 5.74) is 6.41. The van der Waals surface area contributed by atoms with Crippen molar-refractivity contribution in [2.24, 2.45) is 5.73 Å². The molecule has 1 aromatic carbocycles. The highest BCUT2D eigenvalue weighted by atomic mass is 16.4. The van der Waals surface area contributed by atoms with Crippen molar-refractivity contribution in [3.8, 4) is 0 Å². The molecule has 3 amide bonds. The van der Waals surface area contributed by atoms with Gasteiger partial charge in [-0.15, -0.1) is 0 Å². The summed E-state index contributed by atoms with van der Waals surface area (Å²) in [7, 11) is 1.80. The van der Waals surface area contributed by atoms with Gasteiger partial charge in [-0.05, 0) is 24.7 Å². The van der Waals surface area contributed by atoms with Crippen molar-refractivity contribution in [1.29, 1.82) is 0 Å². The number of carbonyl (C=O) groups is 3. The molecular formula is C13H18N4O4. The predicted molar refractivity (Wildman–Crippen MR) is 76.6 cm³/mol. The van der Waals surface area contributed by atoms with E-state index in [1.807, 2.05) is 6.07 Å². The fourth-order valence-electron chi connectivity index (χ4n) is 1.69. The second-order valence-corrected chi connectivity index (χ2v) is 4.39. The molecule has 0 aliphatic rings. The first-order valence-electron chi connectivity index (χ1n) is 6.24. The standard InChI is InChI=1S/C13H18N4O4/c1-15-7-8-3-2-4-9(5-8)16-13(21)17-10(12(19)20)6-11(14)18/h2-5,10,15H,6-7H2,1H3,(H2,14,18)(H,19,20)(H2,16,17,21)/t10-/m0/s1. The summed E-state index contributed by atoms with van der Waals surface area (Å²) in [5, 5.41) is 16.6. The lowest BCUT2D eigenvalue weighted by atomic mass is 10.2. The summed E-state index contributed by atoms with van der Waals surface area (Å²) in [6.45, 7) is 0.635. The van der Waals surface area contributed by atoms with E-state index in [1.165, 1.54) is 0 Å². The third-order valence-corrected chi connectivity index (χ3v) is 2.57. The lowest BCUT2D eigenvalue weighted by molar-refractivity contribution is -0.140. The van der Waals surface area contributed by atoms with Crippen LogP contribution in [0, 0.1) is 0 Å². The van der Waals surface area contributed by atoms with Crippen molar-refractivity contribution in [2.75, 3.05) is 12.4 Å². The van der Waals surface area contributed by atoms with Gasteiger partial charge in [0.25, 0.3) is 0 Å². The van der Waals surface area contributed by atoms with E-state index in [0.29, 0.717) is 12.2 Å². The van der Waals surface area contributed by atoms with Crippen LogP contribution in [0.1, 0.15) is 12.0 Å². The molecule has 0 saturated carbocycles. The van der Waals surface area contributed by atoms with Crippen molar-refractivity contribution in [2.45, 2.75) is 19.0 Å². The van der Waals surface area contributed by atoms with Gasteiger partial charge in [-0.3, -0.25) is 4.79 Å². The molecule has 8 heteroatoms. The maximum absolute atomic E-state index is 11.7. The van der Waals surface area contributed by atoms with Gasteiger partial charge in [0.15, 0.2) is 0 Å². The van der Waals surface area contributed by atoms with Crippen molar-refractivity contribution in [1.82, 2.24) is 10.6 Å². The molecule has 114 valence electrons. The van der Waals surface area contributed by atoms with Crippen LogP contribution in [0.15, 0.2) is 24.3 Å². The van der Waals surface area contributed by atoms with Gasteiger partial charge in [0.05, 0.1) is 6.42 Å². The first-order chi connectivity index (χ1) is 9.92. The molecular weight excluding hydrogens is 276 g/mol. The van der Waals surface area contributed by atoms with Crippen LogP contribution in [0.5, 0.6) is 0 Å². The quantitative estimate of drug-likeness (QED) is 0.477. The number of hydrogen-bond acceptors (Lipinski definition) is 4. The van der Waals surface area contributed by atoms with Crippen LogP contribution in [0.3, 0.4) is 0 Å². The minimum atomic E-state index is -1.36. The zero-order valence-corrected chi connectivity index (χ0v) is 11.6. The van der Waals surface area contributed by atoms with Crippen molar-refractivity contribution >= 4 is 23.6 Å². The van der Waals surface area contributed by atoms with Crippen molar-refractivity contribution in [3.63, 3.8) is 0 Å². The summed E-state index contributed by atoms with van der Waals surface area (Å²) in [6.07, 6.45) is -0.470. The Labute approximate surface area is 121 Å². The molecule has 0 spiro atoms. The SMILES string of the molecule is CNCc1cccc(NC(=O)N[C@@H](CC(N)=O)C(=O)O)c1. The van der Waals surface area contributed by atoms with E-state index in [-0.39, 0.29) is 0 Å². The highest BCUT2D eigenvalue weighted by molar-refractivity contribution is 5.93. The highest BCUT2D eigenvalue weighted by Crippen LogP contribution is 2.10. The number of aliphatic carboxylic acids is 1. The van der Waals surface area contributed by atoms with Crippen LogP contribution in [-0.2, 0) is 16.1 Å². The van der Waals surface area contributed by atoms with E-state index in [2.05, 4.69) is 16.0 Å². The van der Waals surface area contributed by atoms with Crippen molar-refractivity contribution < 1.29 is 19.5 Å². The van der Waals surface area contributed by atoms with E-state index in [4.69, 9.17) is 10.8 Å². The highest BCUT2D eigenvalue weighted by Gasteiger charge is 2.22. The molecule has 0 bridgehead atoms. The molecule has 0 heterocycles. The lowest BCUT2D eigenvalue weighted by Gasteiger charge is -2.14. The van der Waals surface area contributed by atoms with E-state index >= 15 is 0 Å². The van der Waals surface area contributed by atoms with Gasteiger partial charge in [-0.1, -0.05) is 12.1 Å². The monoisotopic (exact) mass is 294 g/mol. The molecule has 0 aromatic heterocycles. The molecule has 0 aliphatic heterocycles. The van der Waals surface area contributed by atoms with E-state index in [1.54, 1.807) is 25.2 Å². The number of rotatable bonds is 7. The van der Waals surface area contributed by atoms with E-state index in [9.17, 15) is 14.4 Å². The molecule has 1 aromatic rings. The van der Waals surface area contributed by atoms with Crippen LogP contribution < -0.4 is 21.7 Å². The number of nitrogens with one attached hydrogen (secondary N) is 3. The second-order valence-electron chi connectivity index (χ2n) is 4.39. The Morgan fingerprint density at radius 2 is 2.05 bits per heavy atom. The Kier molecular flexibility index (Phi) is 6.15. The summed E-state index contributed by atoms with van der Waals surface area (Å²) in [4.78, 5) is 33.4. The summed E-state index contributed by atoms with van der Waals surface area (Å²) < 4.78 is 0. The number of carbonyl (C=O) groups excluding carboxylic acids is 2.